The van der Waals surface area contributed by atoms with E-state index < -0.39 is 7.37 Å². The molecule has 1 atom stereocenters. The second kappa shape index (κ2) is 5.83. The lowest BCUT2D eigenvalue weighted by atomic mass is 10.4. The first kappa shape index (κ1) is 12.9. The Morgan fingerprint density at radius 3 is 2.44 bits per heavy atom. The van der Waals surface area contributed by atoms with Gasteiger partial charge in [-0.2, -0.15) is 0 Å². The van der Waals surface area contributed by atoms with Crippen molar-refractivity contribution in [3.05, 3.63) is 30.3 Å². The molecule has 1 aromatic rings. The predicted molar refractivity (Wildman–Crippen MR) is 62.2 cm³/mol. The van der Waals surface area contributed by atoms with Gasteiger partial charge in [-0.1, -0.05) is 18.2 Å². The third kappa shape index (κ3) is 4.17. The van der Waals surface area contributed by atoms with Crippen LogP contribution in [0.3, 0.4) is 0 Å². The van der Waals surface area contributed by atoms with Crippen molar-refractivity contribution >= 4 is 18.6 Å². The van der Waals surface area contributed by atoms with Crippen molar-refractivity contribution in [1.82, 2.24) is 0 Å². The summed E-state index contributed by atoms with van der Waals surface area (Å²) in [6.45, 7) is 3.14. The number of ether oxygens (including phenoxy) is 1. The van der Waals surface area contributed by atoms with Gasteiger partial charge in [0, 0.05) is 18.9 Å². The number of benzene rings is 1. The van der Waals surface area contributed by atoms with Crippen LogP contribution in [0.25, 0.3) is 0 Å². The fourth-order valence-electron chi connectivity index (χ4n) is 1.17. The lowest BCUT2D eigenvalue weighted by Gasteiger charge is -2.13. The van der Waals surface area contributed by atoms with Crippen molar-refractivity contribution in [2.45, 2.75) is 6.92 Å². The maximum absolute atomic E-state index is 12.1. The molecule has 0 aromatic heterocycles. The summed E-state index contributed by atoms with van der Waals surface area (Å²) < 4.78 is 22.0. The second-order valence-electron chi connectivity index (χ2n) is 3.35. The molecule has 0 bridgehead atoms. The lowest BCUT2D eigenvalue weighted by Crippen LogP contribution is -2.11. The molecule has 0 saturated carbocycles. The highest BCUT2D eigenvalue weighted by Gasteiger charge is 2.18. The lowest BCUT2D eigenvalue weighted by molar-refractivity contribution is -0.141. The van der Waals surface area contributed by atoms with E-state index in [1.807, 2.05) is 6.07 Å². The Balaban J connectivity index is 2.47. The maximum atomic E-state index is 12.1. The number of esters is 1. The molecule has 0 saturated heterocycles. The molecular weight excluding hydrogens is 227 g/mol. The highest BCUT2D eigenvalue weighted by Crippen LogP contribution is 2.40. The minimum absolute atomic E-state index is 0.125. The molecule has 4 nitrogen and oxygen atoms in total. The van der Waals surface area contributed by atoms with Gasteiger partial charge in [0.15, 0.2) is 0 Å². The van der Waals surface area contributed by atoms with Crippen LogP contribution in [-0.2, 0) is 18.6 Å². The molecule has 1 rings (SSSR count). The van der Waals surface area contributed by atoms with Gasteiger partial charge in [-0.3, -0.25) is 9.36 Å². The SMILES string of the molecule is CC(=O)OCCOP(C)(=O)c1ccccc1. The Hall–Kier alpha value is -1.12. The largest absolute Gasteiger partial charge is 0.463 e. The minimum atomic E-state index is -2.80. The summed E-state index contributed by atoms with van der Waals surface area (Å²) in [4.78, 5) is 10.5. The standard InChI is InChI=1S/C11H15O4P/c1-10(12)14-8-9-15-16(2,13)11-6-4-3-5-7-11/h3-7H,8-9H2,1-2H3. The summed E-state index contributed by atoms with van der Waals surface area (Å²) in [7, 11) is -2.80. The van der Waals surface area contributed by atoms with Crippen LogP contribution in [-0.4, -0.2) is 25.8 Å². The van der Waals surface area contributed by atoms with Crippen molar-refractivity contribution in [1.29, 1.82) is 0 Å². The van der Waals surface area contributed by atoms with Crippen molar-refractivity contribution in [2.75, 3.05) is 19.9 Å². The van der Waals surface area contributed by atoms with Gasteiger partial charge in [-0.25, -0.2) is 0 Å². The zero-order chi connectivity index (χ0) is 12.0. The van der Waals surface area contributed by atoms with Gasteiger partial charge in [0.2, 0.25) is 7.37 Å². The molecule has 5 heteroatoms. The average Bonchev–Trinajstić information content (AvgIpc) is 2.26. The van der Waals surface area contributed by atoms with E-state index >= 15 is 0 Å². The molecule has 0 spiro atoms. The Bertz CT molecular complexity index is 388. The van der Waals surface area contributed by atoms with E-state index in [2.05, 4.69) is 4.74 Å². The van der Waals surface area contributed by atoms with Gasteiger partial charge in [-0.15, -0.1) is 0 Å². The van der Waals surface area contributed by atoms with Gasteiger partial charge in [0.1, 0.15) is 6.61 Å². The van der Waals surface area contributed by atoms with Crippen molar-refractivity contribution in [3.63, 3.8) is 0 Å². The Morgan fingerprint density at radius 1 is 1.25 bits per heavy atom. The van der Waals surface area contributed by atoms with Crippen LogP contribution >= 0.6 is 7.37 Å². The van der Waals surface area contributed by atoms with Gasteiger partial charge in [0.05, 0.1) is 6.61 Å². The molecule has 1 aromatic carbocycles. The highest BCUT2D eigenvalue weighted by atomic mass is 31.2. The van der Waals surface area contributed by atoms with Gasteiger partial charge in [-0.05, 0) is 12.1 Å². The van der Waals surface area contributed by atoms with Crippen molar-refractivity contribution < 1.29 is 18.6 Å². The third-order valence-corrected chi connectivity index (χ3v) is 3.86. The normalized spacial score (nSPS) is 14.1. The molecule has 0 amide bonds. The zero-order valence-electron chi connectivity index (χ0n) is 9.38. The molecule has 0 N–H and O–H groups in total. The fraction of sp³-hybridized carbons (Fsp3) is 0.364. The Labute approximate surface area is 95.0 Å². The second-order valence-corrected chi connectivity index (χ2v) is 5.82. The van der Waals surface area contributed by atoms with Crippen LogP contribution in [0.15, 0.2) is 30.3 Å². The first-order valence-corrected chi connectivity index (χ1v) is 7.00. The highest BCUT2D eigenvalue weighted by molar-refractivity contribution is 7.66. The van der Waals surface area contributed by atoms with Gasteiger partial charge >= 0.3 is 5.97 Å². The third-order valence-electron chi connectivity index (χ3n) is 1.95. The summed E-state index contributed by atoms with van der Waals surface area (Å²) >= 11 is 0. The molecule has 0 heterocycles. The first-order valence-electron chi connectivity index (χ1n) is 4.93. The summed E-state index contributed by atoms with van der Waals surface area (Å²) in [5, 5.41) is 0.665. The summed E-state index contributed by atoms with van der Waals surface area (Å²) in [5.74, 6) is -0.366. The molecule has 0 radical (unpaired) electrons. The van der Waals surface area contributed by atoms with Crippen LogP contribution in [0.2, 0.25) is 0 Å². The predicted octanol–water partition coefficient (Wildman–Crippen LogP) is 1.80. The maximum Gasteiger partial charge on any atom is 0.302 e. The van der Waals surface area contributed by atoms with Crippen molar-refractivity contribution in [3.8, 4) is 0 Å². The molecule has 1 unspecified atom stereocenters. The van der Waals surface area contributed by atoms with E-state index in [9.17, 15) is 9.36 Å². The van der Waals surface area contributed by atoms with E-state index in [0.29, 0.717) is 5.30 Å². The summed E-state index contributed by atoms with van der Waals surface area (Å²) in [5.41, 5.74) is 0. The Kier molecular flexibility index (Phi) is 4.71. The van der Waals surface area contributed by atoms with Crippen LogP contribution in [0.5, 0.6) is 0 Å². The van der Waals surface area contributed by atoms with E-state index in [1.165, 1.54) is 6.92 Å². The van der Waals surface area contributed by atoms with E-state index in [-0.39, 0.29) is 19.2 Å². The monoisotopic (exact) mass is 242 g/mol. The first-order chi connectivity index (χ1) is 7.52. The number of rotatable bonds is 5. The number of carbonyl (C=O) groups excluding carboxylic acids is 1. The number of hydrogen-bond donors (Lipinski definition) is 0. The molecular formula is C11H15O4P. The fourth-order valence-corrected chi connectivity index (χ4v) is 2.46. The molecule has 0 fully saturated rings. The van der Waals surface area contributed by atoms with Crippen LogP contribution in [0.4, 0.5) is 0 Å². The molecule has 0 aliphatic heterocycles. The molecule has 0 aliphatic carbocycles. The van der Waals surface area contributed by atoms with Crippen LogP contribution in [0.1, 0.15) is 6.92 Å². The van der Waals surface area contributed by atoms with E-state index in [1.54, 1.807) is 30.9 Å². The molecule has 0 aliphatic rings. The quantitative estimate of drug-likeness (QED) is 0.449. The van der Waals surface area contributed by atoms with Crippen LogP contribution in [0, 0.1) is 0 Å². The topological polar surface area (TPSA) is 52.6 Å². The minimum Gasteiger partial charge on any atom is -0.463 e. The smallest absolute Gasteiger partial charge is 0.302 e. The van der Waals surface area contributed by atoms with Crippen molar-refractivity contribution in [2.24, 2.45) is 0 Å². The average molecular weight is 242 g/mol. The number of carbonyl (C=O) groups is 1. The summed E-state index contributed by atoms with van der Waals surface area (Å²) in [6, 6.07) is 8.98. The Morgan fingerprint density at radius 2 is 1.88 bits per heavy atom. The summed E-state index contributed by atoms with van der Waals surface area (Å²) in [6.07, 6.45) is 0. The van der Waals surface area contributed by atoms with Gasteiger partial charge < -0.3 is 9.26 Å². The zero-order valence-corrected chi connectivity index (χ0v) is 10.3. The molecule has 88 valence electrons. The van der Waals surface area contributed by atoms with E-state index in [4.69, 9.17) is 4.52 Å². The molecule has 16 heavy (non-hydrogen) atoms. The van der Waals surface area contributed by atoms with Crippen LogP contribution < -0.4 is 5.30 Å². The number of hydrogen-bond acceptors (Lipinski definition) is 4. The van der Waals surface area contributed by atoms with Gasteiger partial charge in [0.25, 0.3) is 0 Å². The van der Waals surface area contributed by atoms with E-state index in [0.717, 1.165) is 0 Å².